The number of phenolic OH excluding ortho intramolecular Hbond substituents is 2. The molecule has 0 fully saturated rings. The summed E-state index contributed by atoms with van der Waals surface area (Å²) < 4.78 is 13.6. The summed E-state index contributed by atoms with van der Waals surface area (Å²) >= 11 is 5.85. The van der Waals surface area contributed by atoms with Crippen LogP contribution >= 0.6 is 11.6 Å². The molecule has 0 bridgehead atoms. The minimum Gasteiger partial charge on any atom is -0.506 e. The van der Waals surface area contributed by atoms with Crippen LogP contribution in [0.4, 0.5) is 21.5 Å². The normalized spacial score (nSPS) is 10.3. The van der Waals surface area contributed by atoms with Crippen molar-refractivity contribution < 1.29 is 14.6 Å². The van der Waals surface area contributed by atoms with Gasteiger partial charge in [-0.15, -0.1) is 0 Å². The van der Waals surface area contributed by atoms with Gasteiger partial charge in [0.25, 0.3) is 0 Å². The highest BCUT2D eigenvalue weighted by Gasteiger charge is 2.10. The lowest BCUT2D eigenvalue weighted by Crippen LogP contribution is -1.97. The topological polar surface area (TPSA) is 78.5 Å². The van der Waals surface area contributed by atoms with Crippen molar-refractivity contribution in [2.75, 3.05) is 11.1 Å². The van der Waals surface area contributed by atoms with E-state index in [0.29, 0.717) is 5.69 Å². The van der Waals surface area contributed by atoms with Crippen LogP contribution in [0.5, 0.6) is 11.5 Å². The number of nitrogens with one attached hydrogen (secondary N) is 1. The van der Waals surface area contributed by atoms with Gasteiger partial charge in [-0.3, -0.25) is 0 Å². The first-order valence-electron chi connectivity index (χ1n) is 5.01. The summed E-state index contributed by atoms with van der Waals surface area (Å²) in [6, 6.07) is 6.68. The van der Waals surface area contributed by atoms with Gasteiger partial charge in [-0.2, -0.15) is 0 Å². The third kappa shape index (κ3) is 2.26. The average Bonchev–Trinajstić information content (AvgIpc) is 2.32. The van der Waals surface area contributed by atoms with E-state index < -0.39 is 5.82 Å². The molecule has 2 aromatic carbocycles. The number of halogens is 2. The fraction of sp³-hybridized carbons (Fsp3) is 0. The van der Waals surface area contributed by atoms with Crippen molar-refractivity contribution in [1.82, 2.24) is 0 Å². The van der Waals surface area contributed by atoms with Crippen molar-refractivity contribution in [3.63, 3.8) is 0 Å². The van der Waals surface area contributed by atoms with Crippen LogP contribution in [0.2, 0.25) is 5.02 Å². The number of nitrogens with two attached hydrogens (primary N) is 1. The molecule has 0 saturated heterocycles. The monoisotopic (exact) mass is 268 g/mol. The molecule has 94 valence electrons. The molecule has 0 atom stereocenters. The molecule has 4 nitrogen and oxygen atoms in total. The second-order valence-electron chi connectivity index (χ2n) is 3.65. The molecule has 5 N–H and O–H groups in total. The van der Waals surface area contributed by atoms with Gasteiger partial charge in [0.05, 0.1) is 17.1 Å². The standard InChI is InChI=1S/C12H10ClFN2O2/c13-12-8(2-1-3-10(12)17)16-9-5-7(15)11(18)4-6(9)14/h1-5,16-18H,15H2. The summed E-state index contributed by atoms with van der Waals surface area (Å²) in [5, 5.41) is 21.4. The summed E-state index contributed by atoms with van der Waals surface area (Å²) in [4.78, 5) is 0. The molecule has 0 unspecified atom stereocenters. The highest BCUT2D eigenvalue weighted by atomic mass is 35.5. The Balaban J connectivity index is 2.40. The second kappa shape index (κ2) is 4.62. The van der Waals surface area contributed by atoms with E-state index in [2.05, 4.69) is 5.32 Å². The van der Waals surface area contributed by atoms with Gasteiger partial charge in [-0.05, 0) is 18.2 Å². The Morgan fingerprint density at radius 3 is 2.56 bits per heavy atom. The first-order chi connectivity index (χ1) is 8.49. The third-order valence-corrected chi connectivity index (χ3v) is 2.76. The van der Waals surface area contributed by atoms with Gasteiger partial charge in [0.15, 0.2) is 0 Å². The minimum absolute atomic E-state index is 0.0372. The lowest BCUT2D eigenvalue weighted by atomic mass is 10.2. The van der Waals surface area contributed by atoms with E-state index in [1.807, 2.05) is 0 Å². The number of aromatic hydroxyl groups is 2. The maximum atomic E-state index is 13.6. The highest BCUT2D eigenvalue weighted by molar-refractivity contribution is 6.34. The van der Waals surface area contributed by atoms with Crippen LogP contribution in [-0.2, 0) is 0 Å². The molecule has 0 aliphatic heterocycles. The average molecular weight is 269 g/mol. The van der Waals surface area contributed by atoms with Crippen molar-refractivity contribution in [2.24, 2.45) is 0 Å². The maximum Gasteiger partial charge on any atom is 0.150 e. The molecule has 0 aliphatic carbocycles. The van der Waals surface area contributed by atoms with Crippen LogP contribution in [0.3, 0.4) is 0 Å². The molecule has 0 heterocycles. The fourth-order valence-electron chi connectivity index (χ4n) is 1.44. The molecule has 0 saturated carbocycles. The zero-order valence-corrected chi connectivity index (χ0v) is 9.87. The van der Waals surface area contributed by atoms with E-state index in [0.717, 1.165) is 6.07 Å². The van der Waals surface area contributed by atoms with Gasteiger partial charge in [0.2, 0.25) is 0 Å². The van der Waals surface area contributed by atoms with Crippen molar-refractivity contribution >= 4 is 28.7 Å². The number of anilines is 3. The molecule has 0 amide bonds. The van der Waals surface area contributed by atoms with E-state index in [1.54, 1.807) is 12.1 Å². The van der Waals surface area contributed by atoms with Crippen LogP contribution in [0.1, 0.15) is 0 Å². The number of hydrogen-bond acceptors (Lipinski definition) is 4. The minimum atomic E-state index is -0.680. The summed E-state index contributed by atoms with van der Waals surface area (Å²) in [5.41, 5.74) is 5.90. The van der Waals surface area contributed by atoms with E-state index in [1.165, 1.54) is 12.1 Å². The predicted molar refractivity (Wildman–Crippen MR) is 68.9 cm³/mol. The molecular weight excluding hydrogens is 259 g/mol. The zero-order chi connectivity index (χ0) is 13.3. The molecule has 6 heteroatoms. The summed E-state index contributed by atoms with van der Waals surface area (Å²) in [6.45, 7) is 0. The maximum absolute atomic E-state index is 13.6. The van der Waals surface area contributed by atoms with E-state index >= 15 is 0 Å². The summed E-state index contributed by atoms with van der Waals surface area (Å²) in [7, 11) is 0. The number of benzene rings is 2. The van der Waals surface area contributed by atoms with E-state index in [9.17, 15) is 14.6 Å². The Hall–Kier alpha value is -2.14. The first-order valence-corrected chi connectivity index (χ1v) is 5.39. The van der Waals surface area contributed by atoms with Gasteiger partial charge in [-0.25, -0.2) is 4.39 Å². The number of hydrogen-bond donors (Lipinski definition) is 4. The Kier molecular flexibility index (Phi) is 3.16. The summed E-state index contributed by atoms with van der Waals surface area (Å²) in [5.74, 6) is -1.13. The Morgan fingerprint density at radius 1 is 1.11 bits per heavy atom. The molecule has 0 radical (unpaired) electrons. The Morgan fingerprint density at radius 2 is 1.83 bits per heavy atom. The lowest BCUT2D eigenvalue weighted by Gasteiger charge is -2.11. The molecule has 2 rings (SSSR count). The number of phenols is 2. The molecular formula is C12H10ClFN2O2. The molecule has 0 aromatic heterocycles. The van der Waals surface area contributed by atoms with Crippen LogP contribution in [0, 0.1) is 5.82 Å². The molecule has 2 aromatic rings. The third-order valence-electron chi connectivity index (χ3n) is 2.36. The SMILES string of the molecule is Nc1cc(Nc2cccc(O)c2Cl)c(F)cc1O. The van der Waals surface area contributed by atoms with Gasteiger partial charge in [0, 0.05) is 6.07 Å². The number of nitrogen functional groups attached to an aromatic ring is 1. The Labute approximate surface area is 107 Å². The van der Waals surface area contributed by atoms with Crippen LogP contribution in [0.25, 0.3) is 0 Å². The van der Waals surface area contributed by atoms with Gasteiger partial charge < -0.3 is 21.3 Å². The highest BCUT2D eigenvalue weighted by Crippen LogP contribution is 2.35. The summed E-state index contributed by atoms with van der Waals surface area (Å²) in [6.07, 6.45) is 0. The lowest BCUT2D eigenvalue weighted by molar-refractivity contribution is 0.472. The largest absolute Gasteiger partial charge is 0.506 e. The van der Waals surface area contributed by atoms with Crippen molar-refractivity contribution in [2.45, 2.75) is 0 Å². The number of rotatable bonds is 2. The predicted octanol–water partition coefficient (Wildman–Crippen LogP) is 3.22. The van der Waals surface area contributed by atoms with Crippen molar-refractivity contribution in [3.05, 3.63) is 41.2 Å². The molecule has 18 heavy (non-hydrogen) atoms. The van der Waals surface area contributed by atoms with Gasteiger partial charge in [-0.1, -0.05) is 17.7 Å². The second-order valence-corrected chi connectivity index (χ2v) is 4.03. The van der Waals surface area contributed by atoms with Crippen molar-refractivity contribution in [3.8, 4) is 11.5 Å². The van der Waals surface area contributed by atoms with Crippen LogP contribution in [-0.4, -0.2) is 10.2 Å². The zero-order valence-electron chi connectivity index (χ0n) is 9.11. The molecule has 0 spiro atoms. The fourth-order valence-corrected chi connectivity index (χ4v) is 1.61. The van der Waals surface area contributed by atoms with Crippen molar-refractivity contribution in [1.29, 1.82) is 0 Å². The van der Waals surface area contributed by atoms with E-state index in [4.69, 9.17) is 17.3 Å². The van der Waals surface area contributed by atoms with Gasteiger partial charge >= 0.3 is 0 Å². The smallest absolute Gasteiger partial charge is 0.150 e. The Bertz CT molecular complexity index is 605. The van der Waals surface area contributed by atoms with E-state index in [-0.39, 0.29) is 27.9 Å². The first kappa shape index (κ1) is 12.3. The van der Waals surface area contributed by atoms with Gasteiger partial charge in [0.1, 0.15) is 22.3 Å². The van der Waals surface area contributed by atoms with Crippen LogP contribution < -0.4 is 11.1 Å². The molecule has 0 aliphatic rings. The quantitative estimate of drug-likeness (QED) is 0.383. The van der Waals surface area contributed by atoms with Crippen LogP contribution in [0.15, 0.2) is 30.3 Å².